The van der Waals surface area contributed by atoms with Gasteiger partial charge in [-0.2, -0.15) is 0 Å². The number of benzene rings is 1. The second-order valence-electron chi connectivity index (χ2n) is 9.18. The van der Waals surface area contributed by atoms with E-state index in [1.165, 1.54) is 17.5 Å². The molecule has 1 aliphatic rings. The summed E-state index contributed by atoms with van der Waals surface area (Å²) in [6.45, 7) is 12.1. The number of rotatable bonds is 9. The maximum absolute atomic E-state index is 11.7. The molecule has 0 bridgehead atoms. The van der Waals surface area contributed by atoms with E-state index in [0.717, 1.165) is 44.1 Å². The van der Waals surface area contributed by atoms with Crippen molar-refractivity contribution in [3.63, 3.8) is 0 Å². The van der Waals surface area contributed by atoms with Crippen LogP contribution in [0.15, 0.2) is 30.3 Å². The molecule has 0 saturated carbocycles. The quantitative estimate of drug-likeness (QED) is 0.635. The molecule has 2 aromatic rings. The van der Waals surface area contributed by atoms with Crippen molar-refractivity contribution in [1.29, 1.82) is 0 Å². The second kappa shape index (κ2) is 10.1. The van der Waals surface area contributed by atoms with E-state index in [-0.39, 0.29) is 0 Å². The third-order valence-corrected chi connectivity index (χ3v) is 5.69. The van der Waals surface area contributed by atoms with Gasteiger partial charge >= 0.3 is 0 Å². The average molecular weight is 410 g/mol. The highest BCUT2D eigenvalue weighted by atomic mass is 16.5. The minimum atomic E-state index is -0.441. The number of ether oxygens (including phenoxy) is 1. The van der Waals surface area contributed by atoms with Gasteiger partial charge in [-0.1, -0.05) is 33.8 Å². The average Bonchev–Trinajstić information content (AvgIpc) is 2.70. The zero-order valence-corrected chi connectivity index (χ0v) is 18.8. The van der Waals surface area contributed by atoms with Crippen LogP contribution in [0.4, 0.5) is 0 Å². The lowest BCUT2D eigenvalue weighted by Crippen LogP contribution is -2.31. The van der Waals surface area contributed by atoms with E-state index >= 15 is 0 Å². The van der Waals surface area contributed by atoms with E-state index in [0.29, 0.717) is 29.5 Å². The fourth-order valence-electron chi connectivity index (χ4n) is 3.78. The van der Waals surface area contributed by atoms with Crippen LogP contribution in [-0.4, -0.2) is 28.9 Å². The molecule has 2 heterocycles. The number of primary amides is 1. The summed E-state index contributed by atoms with van der Waals surface area (Å²) in [5.74, 6) is 2.12. The summed E-state index contributed by atoms with van der Waals surface area (Å²) < 4.78 is 6.06. The van der Waals surface area contributed by atoms with Gasteiger partial charge in [0.2, 0.25) is 5.88 Å². The van der Waals surface area contributed by atoms with E-state index in [1.807, 2.05) is 6.07 Å². The van der Waals surface area contributed by atoms with Crippen molar-refractivity contribution in [2.75, 3.05) is 13.1 Å². The second-order valence-corrected chi connectivity index (χ2v) is 9.18. The standard InChI is InChI=1S/C25H35N3O2/c1-17(2)5-9-23-22(25(26)29)8-10-24(27-23)30-21-7-6-20-16-28(13-11-18(3)4)14-12-19(20)15-21/h6-8,10,15,17-18H,5,9,11-14,16H2,1-4H3,(H2,26,29). The molecule has 0 spiro atoms. The third kappa shape index (κ3) is 6.05. The van der Waals surface area contributed by atoms with Gasteiger partial charge in [-0.15, -0.1) is 0 Å². The zero-order chi connectivity index (χ0) is 21.7. The maximum atomic E-state index is 11.7. The number of pyridine rings is 1. The molecule has 1 aliphatic heterocycles. The predicted octanol–water partition coefficient (Wildman–Crippen LogP) is 4.97. The van der Waals surface area contributed by atoms with Crippen LogP contribution in [0.2, 0.25) is 0 Å². The molecule has 0 atom stereocenters. The highest BCUT2D eigenvalue weighted by molar-refractivity contribution is 5.93. The molecule has 1 aromatic heterocycles. The first-order valence-corrected chi connectivity index (χ1v) is 11.1. The Hall–Kier alpha value is -2.40. The first kappa shape index (κ1) is 22.3. The lowest BCUT2D eigenvalue weighted by atomic mass is 9.99. The van der Waals surface area contributed by atoms with Gasteiger partial charge in [-0.25, -0.2) is 4.98 Å². The minimum Gasteiger partial charge on any atom is -0.439 e. The summed E-state index contributed by atoms with van der Waals surface area (Å²) >= 11 is 0. The molecule has 0 aliphatic carbocycles. The zero-order valence-electron chi connectivity index (χ0n) is 18.8. The first-order valence-electron chi connectivity index (χ1n) is 11.1. The normalized spacial score (nSPS) is 14.2. The van der Waals surface area contributed by atoms with E-state index in [1.54, 1.807) is 12.1 Å². The molecular formula is C25H35N3O2. The van der Waals surface area contributed by atoms with Crippen LogP contribution in [0, 0.1) is 11.8 Å². The van der Waals surface area contributed by atoms with Crippen molar-refractivity contribution in [1.82, 2.24) is 9.88 Å². The lowest BCUT2D eigenvalue weighted by Gasteiger charge is -2.29. The molecule has 5 nitrogen and oxygen atoms in total. The first-order chi connectivity index (χ1) is 14.3. The summed E-state index contributed by atoms with van der Waals surface area (Å²) in [5.41, 5.74) is 9.45. The number of fused-ring (bicyclic) bond motifs is 1. The van der Waals surface area contributed by atoms with Crippen molar-refractivity contribution in [2.24, 2.45) is 17.6 Å². The Balaban J connectivity index is 1.71. The molecule has 0 radical (unpaired) electrons. The number of carbonyl (C=O) groups is 1. The van der Waals surface area contributed by atoms with Crippen molar-refractivity contribution in [3.8, 4) is 11.6 Å². The molecule has 0 saturated heterocycles. The van der Waals surface area contributed by atoms with E-state index in [9.17, 15) is 4.79 Å². The van der Waals surface area contributed by atoms with Crippen LogP contribution in [0.25, 0.3) is 0 Å². The number of aryl methyl sites for hydroxylation is 1. The Morgan fingerprint density at radius 3 is 2.57 bits per heavy atom. The fourth-order valence-corrected chi connectivity index (χ4v) is 3.78. The molecule has 30 heavy (non-hydrogen) atoms. The minimum absolute atomic E-state index is 0.441. The van der Waals surface area contributed by atoms with E-state index in [2.05, 4.69) is 49.7 Å². The largest absolute Gasteiger partial charge is 0.439 e. The van der Waals surface area contributed by atoms with Crippen molar-refractivity contribution in [2.45, 2.75) is 59.9 Å². The van der Waals surface area contributed by atoms with Crippen LogP contribution in [0.1, 0.15) is 67.7 Å². The van der Waals surface area contributed by atoms with Crippen molar-refractivity contribution in [3.05, 3.63) is 52.7 Å². The maximum Gasteiger partial charge on any atom is 0.250 e. The summed E-state index contributed by atoms with van der Waals surface area (Å²) in [6, 6.07) is 9.77. The molecule has 2 N–H and O–H groups in total. The molecular weight excluding hydrogens is 374 g/mol. The molecule has 1 amide bonds. The number of nitrogens with two attached hydrogens (primary N) is 1. The van der Waals surface area contributed by atoms with Crippen LogP contribution in [0.5, 0.6) is 11.6 Å². The van der Waals surface area contributed by atoms with E-state index in [4.69, 9.17) is 10.5 Å². The summed E-state index contributed by atoms with van der Waals surface area (Å²) in [6.07, 6.45) is 3.94. The highest BCUT2D eigenvalue weighted by Crippen LogP contribution is 2.28. The van der Waals surface area contributed by atoms with Crippen LogP contribution >= 0.6 is 0 Å². The number of amides is 1. The van der Waals surface area contributed by atoms with Gasteiger partial charge < -0.3 is 10.5 Å². The van der Waals surface area contributed by atoms with Crippen LogP contribution in [0.3, 0.4) is 0 Å². The molecule has 162 valence electrons. The smallest absolute Gasteiger partial charge is 0.250 e. The van der Waals surface area contributed by atoms with Gasteiger partial charge in [0.15, 0.2) is 0 Å². The highest BCUT2D eigenvalue weighted by Gasteiger charge is 2.18. The van der Waals surface area contributed by atoms with Gasteiger partial charge in [0.25, 0.3) is 5.91 Å². The number of aromatic nitrogens is 1. The molecule has 0 unspecified atom stereocenters. The number of carbonyl (C=O) groups excluding carboxylic acids is 1. The van der Waals surface area contributed by atoms with E-state index < -0.39 is 5.91 Å². The Kier molecular flexibility index (Phi) is 7.48. The molecule has 5 heteroatoms. The fraction of sp³-hybridized carbons (Fsp3) is 0.520. The van der Waals surface area contributed by atoms with Gasteiger partial charge in [-0.3, -0.25) is 9.69 Å². The third-order valence-electron chi connectivity index (χ3n) is 5.69. The van der Waals surface area contributed by atoms with Gasteiger partial charge in [-0.05, 0) is 73.4 Å². The van der Waals surface area contributed by atoms with Gasteiger partial charge in [0.1, 0.15) is 5.75 Å². The molecule has 1 aromatic carbocycles. The Morgan fingerprint density at radius 1 is 1.10 bits per heavy atom. The Morgan fingerprint density at radius 2 is 1.87 bits per heavy atom. The SMILES string of the molecule is CC(C)CCc1nc(Oc2ccc3c(c2)CCN(CCC(C)C)C3)ccc1C(N)=O. The Labute approximate surface area is 180 Å². The molecule has 3 rings (SSSR count). The summed E-state index contributed by atoms with van der Waals surface area (Å²) in [7, 11) is 0. The van der Waals surface area contributed by atoms with Crippen molar-refractivity contribution >= 4 is 5.91 Å². The van der Waals surface area contributed by atoms with Gasteiger partial charge in [0, 0.05) is 19.2 Å². The van der Waals surface area contributed by atoms with Crippen LogP contribution in [-0.2, 0) is 19.4 Å². The summed E-state index contributed by atoms with van der Waals surface area (Å²) in [5, 5.41) is 0. The number of nitrogens with zero attached hydrogens (tertiary/aromatic N) is 2. The summed E-state index contributed by atoms with van der Waals surface area (Å²) in [4.78, 5) is 18.9. The molecule has 0 fully saturated rings. The van der Waals surface area contributed by atoms with Gasteiger partial charge in [0.05, 0.1) is 11.3 Å². The number of hydrogen-bond donors (Lipinski definition) is 1. The van der Waals surface area contributed by atoms with Crippen LogP contribution < -0.4 is 10.5 Å². The topological polar surface area (TPSA) is 68.4 Å². The Bertz CT molecular complexity index is 877. The number of hydrogen-bond acceptors (Lipinski definition) is 4. The van der Waals surface area contributed by atoms with Crippen molar-refractivity contribution < 1.29 is 9.53 Å². The lowest BCUT2D eigenvalue weighted by molar-refractivity contribution is 0.0999. The predicted molar refractivity (Wildman–Crippen MR) is 121 cm³/mol. The monoisotopic (exact) mass is 409 g/mol.